The van der Waals surface area contributed by atoms with E-state index in [0.29, 0.717) is 5.92 Å². The highest BCUT2D eigenvalue weighted by molar-refractivity contribution is 7.71. The van der Waals surface area contributed by atoms with E-state index < -0.39 is 0 Å². The number of fused-ring (bicyclic) bond motifs is 1. The maximum Gasteiger partial charge on any atom is 0.134 e. The van der Waals surface area contributed by atoms with E-state index in [1.54, 1.807) is 0 Å². The summed E-state index contributed by atoms with van der Waals surface area (Å²) in [7, 11) is 0. The van der Waals surface area contributed by atoms with Gasteiger partial charge in [0.05, 0.1) is 0 Å². The van der Waals surface area contributed by atoms with Crippen LogP contribution in [0.2, 0.25) is 0 Å². The van der Waals surface area contributed by atoms with Crippen molar-refractivity contribution < 1.29 is 0 Å². The molecule has 2 heterocycles. The first kappa shape index (κ1) is 13.3. The molecule has 0 aromatic carbocycles. The summed E-state index contributed by atoms with van der Waals surface area (Å²) in [6, 6.07) is 0. The topological polar surface area (TPSA) is 40.7 Å². The molecular formula is C15H23N3S. The molecule has 1 aromatic heterocycles. The highest BCUT2D eigenvalue weighted by Crippen LogP contribution is 2.36. The number of hydrogen-bond acceptors (Lipinski definition) is 3. The fourth-order valence-electron chi connectivity index (χ4n) is 3.49. The van der Waals surface area contributed by atoms with Crippen molar-refractivity contribution in [1.82, 2.24) is 15.3 Å². The molecule has 0 bridgehead atoms. The normalized spacial score (nSPS) is 27.0. The monoisotopic (exact) mass is 277 g/mol. The van der Waals surface area contributed by atoms with Crippen molar-refractivity contribution in [3.05, 3.63) is 21.7 Å². The third-order valence-corrected chi connectivity index (χ3v) is 5.06. The van der Waals surface area contributed by atoms with Crippen LogP contribution >= 0.6 is 12.2 Å². The van der Waals surface area contributed by atoms with Crippen LogP contribution in [0.1, 0.15) is 62.0 Å². The summed E-state index contributed by atoms with van der Waals surface area (Å²) in [5.74, 6) is 2.63. The van der Waals surface area contributed by atoms with Crippen LogP contribution in [0.25, 0.3) is 0 Å². The molecule has 0 saturated heterocycles. The zero-order valence-electron chi connectivity index (χ0n) is 11.7. The van der Waals surface area contributed by atoms with Crippen LogP contribution in [-0.4, -0.2) is 16.5 Å². The number of nitrogens with one attached hydrogen (secondary N) is 2. The summed E-state index contributed by atoms with van der Waals surface area (Å²) < 4.78 is 0.814. The molecule has 2 aliphatic rings. The molecule has 104 valence electrons. The molecule has 1 aliphatic carbocycles. The Morgan fingerprint density at radius 2 is 2.26 bits per heavy atom. The molecule has 2 unspecified atom stereocenters. The summed E-state index contributed by atoms with van der Waals surface area (Å²) in [5.41, 5.74) is 2.54. The number of aromatic amines is 1. The third kappa shape index (κ3) is 2.75. The van der Waals surface area contributed by atoms with E-state index in [9.17, 15) is 0 Å². The first-order chi connectivity index (χ1) is 9.28. The van der Waals surface area contributed by atoms with Gasteiger partial charge in [0, 0.05) is 36.7 Å². The van der Waals surface area contributed by atoms with Crippen LogP contribution in [-0.2, 0) is 13.0 Å². The lowest BCUT2D eigenvalue weighted by Crippen LogP contribution is -2.26. The molecular weight excluding hydrogens is 254 g/mol. The smallest absolute Gasteiger partial charge is 0.134 e. The van der Waals surface area contributed by atoms with Gasteiger partial charge in [-0.1, -0.05) is 38.4 Å². The molecule has 0 amide bonds. The molecule has 1 aliphatic heterocycles. The summed E-state index contributed by atoms with van der Waals surface area (Å²) in [6.45, 7) is 4.23. The first-order valence-electron chi connectivity index (χ1n) is 7.60. The van der Waals surface area contributed by atoms with Gasteiger partial charge in [-0.05, 0) is 18.8 Å². The Morgan fingerprint density at radius 3 is 3.11 bits per heavy atom. The molecule has 2 N–H and O–H groups in total. The Hall–Kier alpha value is -0.740. The average molecular weight is 277 g/mol. The lowest BCUT2D eigenvalue weighted by atomic mass is 9.80. The van der Waals surface area contributed by atoms with Gasteiger partial charge < -0.3 is 10.3 Å². The quantitative estimate of drug-likeness (QED) is 0.813. The second-order valence-corrected chi connectivity index (χ2v) is 6.34. The standard InChI is InChI=1S/C15H23N3S/c1-2-10-4-3-5-11(8-10)14-17-13-6-7-16-9-12(13)15(19)18-14/h10-11,16H,2-9H2,1H3,(H,17,18,19). The number of H-pyrrole nitrogens is 1. The Labute approximate surface area is 120 Å². The van der Waals surface area contributed by atoms with Gasteiger partial charge in [-0.2, -0.15) is 0 Å². The molecule has 1 fully saturated rings. The van der Waals surface area contributed by atoms with Crippen molar-refractivity contribution in [3.63, 3.8) is 0 Å². The fraction of sp³-hybridized carbons (Fsp3) is 0.733. The van der Waals surface area contributed by atoms with Crippen molar-refractivity contribution in [2.45, 2.75) is 57.9 Å². The molecule has 2 atom stereocenters. The van der Waals surface area contributed by atoms with E-state index in [0.717, 1.165) is 35.9 Å². The molecule has 3 rings (SSSR count). The number of hydrogen-bond donors (Lipinski definition) is 2. The second-order valence-electron chi connectivity index (χ2n) is 5.95. The largest absolute Gasteiger partial charge is 0.347 e. The van der Waals surface area contributed by atoms with E-state index in [2.05, 4.69) is 17.2 Å². The van der Waals surface area contributed by atoms with Gasteiger partial charge in [-0.15, -0.1) is 0 Å². The number of nitrogens with zero attached hydrogens (tertiary/aromatic N) is 1. The van der Waals surface area contributed by atoms with Gasteiger partial charge in [-0.25, -0.2) is 4.98 Å². The second kappa shape index (κ2) is 5.71. The maximum absolute atomic E-state index is 5.48. The summed E-state index contributed by atoms with van der Waals surface area (Å²) in [6.07, 6.45) is 7.63. The van der Waals surface area contributed by atoms with E-state index in [1.807, 2.05) is 0 Å². The van der Waals surface area contributed by atoms with Crippen molar-refractivity contribution in [3.8, 4) is 0 Å². The first-order valence-corrected chi connectivity index (χ1v) is 8.01. The molecule has 1 aromatic rings. The van der Waals surface area contributed by atoms with Gasteiger partial charge in [0.1, 0.15) is 10.5 Å². The van der Waals surface area contributed by atoms with E-state index >= 15 is 0 Å². The maximum atomic E-state index is 5.48. The van der Waals surface area contributed by atoms with Gasteiger partial charge in [0.25, 0.3) is 0 Å². The van der Waals surface area contributed by atoms with Gasteiger partial charge in [-0.3, -0.25) is 0 Å². The van der Waals surface area contributed by atoms with Crippen molar-refractivity contribution in [2.75, 3.05) is 6.54 Å². The third-order valence-electron chi connectivity index (χ3n) is 4.72. The summed E-state index contributed by atoms with van der Waals surface area (Å²) >= 11 is 5.48. The Bertz CT molecular complexity index is 509. The Balaban J connectivity index is 1.88. The molecule has 4 heteroatoms. The fourth-order valence-corrected chi connectivity index (χ4v) is 3.78. The number of aromatic nitrogens is 2. The van der Waals surface area contributed by atoms with Crippen molar-refractivity contribution in [2.24, 2.45) is 5.92 Å². The average Bonchev–Trinajstić information content (AvgIpc) is 2.47. The minimum absolute atomic E-state index is 0.598. The van der Waals surface area contributed by atoms with Crippen LogP contribution in [0.3, 0.4) is 0 Å². The molecule has 0 spiro atoms. The van der Waals surface area contributed by atoms with E-state index in [4.69, 9.17) is 17.2 Å². The zero-order valence-corrected chi connectivity index (χ0v) is 12.5. The van der Waals surface area contributed by atoms with Crippen LogP contribution in [0.15, 0.2) is 0 Å². The van der Waals surface area contributed by atoms with Gasteiger partial charge >= 0.3 is 0 Å². The minimum atomic E-state index is 0.598. The minimum Gasteiger partial charge on any atom is -0.347 e. The Morgan fingerprint density at radius 1 is 1.37 bits per heavy atom. The zero-order chi connectivity index (χ0) is 13.2. The summed E-state index contributed by atoms with van der Waals surface area (Å²) in [4.78, 5) is 8.30. The van der Waals surface area contributed by atoms with Crippen LogP contribution in [0.5, 0.6) is 0 Å². The molecule has 1 saturated carbocycles. The highest BCUT2D eigenvalue weighted by atomic mass is 32.1. The van der Waals surface area contributed by atoms with E-state index in [1.165, 1.54) is 43.4 Å². The SMILES string of the molecule is CCC1CCCC(c2nc(=S)c3c([nH]2)CCNC3)C1. The lowest BCUT2D eigenvalue weighted by molar-refractivity contribution is 0.306. The van der Waals surface area contributed by atoms with Crippen LogP contribution < -0.4 is 5.32 Å². The van der Waals surface area contributed by atoms with Gasteiger partial charge in [0.15, 0.2) is 0 Å². The predicted molar refractivity (Wildman–Crippen MR) is 79.8 cm³/mol. The van der Waals surface area contributed by atoms with Crippen LogP contribution in [0.4, 0.5) is 0 Å². The van der Waals surface area contributed by atoms with Crippen molar-refractivity contribution >= 4 is 12.2 Å². The molecule has 3 nitrogen and oxygen atoms in total. The number of rotatable bonds is 2. The highest BCUT2D eigenvalue weighted by Gasteiger charge is 2.25. The van der Waals surface area contributed by atoms with Crippen LogP contribution in [0, 0.1) is 10.6 Å². The molecule has 19 heavy (non-hydrogen) atoms. The lowest BCUT2D eigenvalue weighted by Gasteiger charge is -2.29. The Kier molecular flexibility index (Phi) is 3.99. The van der Waals surface area contributed by atoms with E-state index in [-0.39, 0.29) is 0 Å². The summed E-state index contributed by atoms with van der Waals surface area (Å²) in [5, 5.41) is 3.37. The predicted octanol–water partition coefficient (Wildman–Crippen LogP) is 3.47. The van der Waals surface area contributed by atoms with Gasteiger partial charge in [0.2, 0.25) is 0 Å². The van der Waals surface area contributed by atoms with Crippen molar-refractivity contribution in [1.29, 1.82) is 0 Å². The molecule has 0 radical (unpaired) electrons.